The van der Waals surface area contributed by atoms with Crippen molar-refractivity contribution in [2.45, 2.75) is 59.9 Å². The fourth-order valence-corrected chi connectivity index (χ4v) is 5.37. The van der Waals surface area contributed by atoms with Gasteiger partial charge in [-0.1, -0.05) is 32.9 Å². The summed E-state index contributed by atoms with van der Waals surface area (Å²) >= 11 is 0. The van der Waals surface area contributed by atoms with Gasteiger partial charge in [-0.3, -0.25) is 0 Å². The van der Waals surface area contributed by atoms with Crippen molar-refractivity contribution in [1.82, 2.24) is 4.98 Å². The minimum absolute atomic E-state index is 0.447. The third kappa shape index (κ3) is 2.52. The minimum Gasteiger partial charge on any atom is -0.353 e. The molecule has 4 rings (SSSR count). The van der Waals surface area contributed by atoms with Crippen LogP contribution in [0, 0.1) is 24.7 Å². The third-order valence-corrected chi connectivity index (χ3v) is 5.82. The molecular formula is C21H28N2. The van der Waals surface area contributed by atoms with Crippen LogP contribution in [0.5, 0.6) is 0 Å². The molecule has 1 aliphatic heterocycles. The van der Waals surface area contributed by atoms with E-state index in [1.165, 1.54) is 41.6 Å². The van der Waals surface area contributed by atoms with E-state index in [0.29, 0.717) is 16.9 Å². The van der Waals surface area contributed by atoms with Crippen molar-refractivity contribution in [3.05, 3.63) is 35.4 Å². The van der Waals surface area contributed by atoms with Gasteiger partial charge in [0.25, 0.3) is 0 Å². The topological polar surface area (TPSA) is 16.1 Å². The quantitative estimate of drug-likeness (QED) is 0.714. The van der Waals surface area contributed by atoms with Gasteiger partial charge in [-0.25, -0.2) is 4.98 Å². The lowest BCUT2D eigenvalue weighted by Crippen LogP contribution is -2.35. The second-order valence-corrected chi connectivity index (χ2v) is 9.17. The van der Waals surface area contributed by atoms with Gasteiger partial charge in [-0.2, -0.15) is 0 Å². The standard InChI is InChI=1S/C21H28N2/c1-14-6-7-16-9-15(2)19(22-18(16)8-14)23-13-21(5)11-17(23)10-20(3,4)12-21/h6-9,17H,10-13H2,1-5H3/t17-,21-/m0/s1. The Balaban J connectivity index is 1.79. The molecule has 0 spiro atoms. The van der Waals surface area contributed by atoms with E-state index in [4.69, 9.17) is 4.98 Å². The summed E-state index contributed by atoms with van der Waals surface area (Å²) in [4.78, 5) is 7.70. The lowest BCUT2D eigenvalue weighted by molar-refractivity contribution is 0.136. The number of aromatic nitrogens is 1. The third-order valence-electron chi connectivity index (χ3n) is 5.82. The number of hydrogen-bond acceptors (Lipinski definition) is 2. The Kier molecular flexibility index (Phi) is 3.07. The molecule has 0 radical (unpaired) electrons. The Hall–Kier alpha value is -1.57. The van der Waals surface area contributed by atoms with Crippen LogP contribution in [0.25, 0.3) is 10.9 Å². The SMILES string of the molecule is Cc1ccc2cc(C)c(N3C[C@@]4(C)C[C@@H]3CC(C)(C)C4)nc2c1. The normalized spacial score (nSPS) is 29.3. The molecule has 2 nitrogen and oxygen atoms in total. The first kappa shape index (κ1) is 15.0. The van der Waals surface area contributed by atoms with Crippen molar-refractivity contribution in [2.24, 2.45) is 10.8 Å². The van der Waals surface area contributed by atoms with E-state index >= 15 is 0 Å². The van der Waals surface area contributed by atoms with Gasteiger partial charge >= 0.3 is 0 Å². The first-order valence-corrected chi connectivity index (χ1v) is 8.89. The van der Waals surface area contributed by atoms with Crippen LogP contribution in [0.15, 0.2) is 24.3 Å². The highest BCUT2D eigenvalue weighted by atomic mass is 15.3. The minimum atomic E-state index is 0.447. The van der Waals surface area contributed by atoms with Crippen molar-refractivity contribution < 1.29 is 0 Å². The second kappa shape index (κ2) is 4.72. The van der Waals surface area contributed by atoms with Crippen LogP contribution in [0.4, 0.5) is 5.82 Å². The number of rotatable bonds is 1. The number of fused-ring (bicyclic) bond motifs is 3. The van der Waals surface area contributed by atoms with Crippen LogP contribution in [0.3, 0.4) is 0 Å². The Morgan fingerprint density at radius 3 is 2.65 bits per heavy atom. The zero-order valence-corrected chi connectivity index (χ0v) is 15.1. The van der Waals surface area contributed by atoms with Crippen molar-refractivity contribution in [1.29, 1.82) is 0 Å². The Morgan fingerprint density at radius 2 is 1.87 bits per heavy atom. The van der Waals surface area contributed by atoms with E-state index < -0.39 is 0 Å². The molecule has 1 aliphatic carbocycles. The first-order chi connectivity index (χ1) is 10.7. The van der Waals surface area contributed by atoms with E-state index in [2.05, 4.69) is 63.8 Å². The average molecular weight is 308 g/mol. The second-order valence-electron chi connectivity index (χ2n) is 9.17. The predicted octanol–water partition coefficient (Wildman–Crippen LogP) is 5.26. The Morgan fingerprint density at radius 1 is 1.09 bits per heavy atom. The maximum Gasteiger partial charge on any atom is 0.132 e. The van der Waals surface area contributed by atoms with E-state index in [1.807, 2.05) is 0 Å². The molecule has 2 heterocycles. The highest BCUT2D eigenvalue weighted by Crippen LogP contribution is 2.53. The zero-order valence-electron chi connectivity index (χ0n) is 15.1. The molecular weight excluding hydrogens is 280 g/mol. The zero-order chi connectivity index (χ0) is 16.4. The molecule has 1 aromatic heterocycles. The fraction of sp³-hybridized carbons (Fsp3) is 0.571. The van der Waals surface area contributed by atoms with Crippen molar-refractivity contribution in [3.8, 4) is 0 Å². The molecule has 0 N–H and O–H groups in total. The maximum atomic E-state index is 5.08. The number of aryl methyl sites for hydroxylation is 2. The van der Waals surface area contributed by atoms with E-state index in [1.54, 1.807) is 0 Å². The average Bonchev–Trinajstić information content (AvgIpc) is 2.67. The van der Waals surface area contributed by atoms with Crippen molar-refractivity contribution >= 4 is 16.7 Å². The number of hydrogen-bond donors (Lipinski definition) is 0. The molecule has 0 amide bonds. The molecule has 0 unspecified atom stereocenters. The van der Waals surface area contributed by atoms with Gasteiger partial charge in [-0.05, 0) is 67.2 Å². The van der Waals surface area contributed by atoms with Crippen molar-refractivity contribution in [3.63, 3.8) is 0 Å². The summed E-state index contributed by atoms with van der Waals surface area (Å²) in [6.45, 7) is 12.9. The van der Waals surface area contributed by atoms with Gasteiger partial charge in [0.15, 0.2) is 0 Å². The summed E-state index contributed by atoms with van der Waals surface area (Å²) < 4.78 is 0. The lowest BCUT2D eigenvalue weighted by Gasteiger charge is -2.39. The van der Waals surface area contributed by atoms with Crippen molar-refractivity contribution in [2.75, 3.05) is 11.4 Å². The van der Waals surface area contributed by atoms with Crippen LogP contribution in [-0.2, 0) is 0 Å². The van der Waals surface area contributed by atoms with E-state index in [-0.39, 0.29) is 0 Å². The van der Waals surface area contributed by atoms with Crippen LogP contribution in [0.1, 0.15) is 51.2 Å². The number of nitrogens with zero attached hydrogens (tertiary/aromatic N) is 2. The highest BCUT2D eigenvalue weighted by Gasteiger charge is 2.50. The molecule has 1 saturated carbocycles. The summed E-state index contributed by atoms with van der Waals surface area (Å²) in [7, 11) is 0. The number of pyridine rings is 1. The van der Waals surface area contributed by atoms with Crippen LogP contribution in [-0.4, -0.2) is 17.6 Å². The van der Waals surface area contributed by atoms with Crippen LogP contribution < -0.4 is 4.90 Å². The van der Waals surface area contributed by atoms with Gasteiger partial charge < -0.3 is 4.90 Å². The van der Waals surface area contributed by atoms with Gasteiger partial charge in [0.05, 0.1) is 5.52 Å². The van der Waals surface area contributed by atoms with Crippen LogP contribution >= 0.6 is 0 Å². The summed E-state index contributed by atoms with van der Waals surface area (Å²) in [6.07, 6.45) is 3.94. The monoisotopic (exact) mass is 308 g/mol. The molecule has 2 atom stereocenters. The van der Waals surface area contributed by atoms with Gasteiger partial charge in [0.2, 0.25) is 0 Å². The molecule has 2 fully saturated rings. The number of anilines is 1. The largest absolute Gasteiger partial charge is 0.353 e. The molecule has 2 aromatic rings. The summed E-state index contributed by atoms with van der Waals surface area (Å²) in [5.74, 6) is 1.22. The molecule has 122 valence electrons. The molecule has 2 bridgehead atoms. The van der Waals surface area contributed by atoms with E-state index in [0.717, 1.165) is 12.1 Å². The first-order valence-electron chi connectivity index (χ1n) is 8.89. The van der Waals surface area contributed by atoms with Gasteiger partial charge in [0, 0.05) is 18.0 Å². The summed E-state index contributed by atoms with van der Waals surface area (Å²) in [6, 6.07) is 9.55. The predicted molar refractivity (Wildman–Crippen MR) is 98.1 cm³/mol. The maximum absolute atomic E-state index is 5.08. The fourth-order valence-electron chi connectivity index (χ4n) is 5.37. The smallest absolute Gasteiger partial charge is 0.132 e. The Bertz CT molecular complexity index is 777. The van der Waals surface area contributed by atoms with Gasteiger partial charge in [-0.15, -0.1) is 0 Å². The molecule has 2 aliphatic rings. The van der Waals surface area contributed by atoms with Crippen LogP contribution in [0.2, 0.25) is 0 Å². The number of benzene rings is 1. The molecule has 2 heteroatoms. The molecule has 23 heavy (non-hydrogen) atoms. The highest BCUT2D eigenvalue weighted by molar-refractivity contribution is 5.82. The molecule has 1 saturated heterocycles. The Labute approximate surface area is 139 Å². The van der Waals surface area contributed by atoms with Gasteiger partial charge in [0.1, 0.15) is 5.82 Å². The molecule has 1 aromatic carbocycles. The lowest BCUT2D eigenvalue weighted by atomic mass is 9.65. The van der Waals surface area contributed by atoms with E-state index in [9.17, 15) is 0 Å². The summed E-state index contributed by atoms with van der Waals surface area (Å²) in [5, 5.41) is 1.26. The summed E-state index contributed by atoms with van der Waals surface area (Å²) in [5.41, 5.74) is 4.63.